The van der Waals surface area contributed by atoms with Crippen LogP contribution in [-0.2, 0) is 0 Å². The Morgan fingerprint density at radius 2 is 1.77 bits per heavy atom. The molecule has 5 nitrogen and oxygen atoms in total. The Morgan fingerprint density at radius 1 is 1.09 bits per heavy atom. The lowest BCUT2D eigenvalue weighted by molar-refractivity contribution is 0.100. The van der Waals surface area contributed by atoms with Gasteiger partial charge < -0.3 is 16.4 Å². The summed E-state index contributed by atoms with van der Waals surface area (Å²) in [4.78, 5) is 23.3. The van der Waals surface area contributed by atoms with E-state index >= 15 is 0 Å². The lowest BCUT2D eigenvalue weighted by Gasteiger charge is -2.16. The number of hydrogen-bond donors (Lipinski definition) is 3. The number of benzene rings is 2. The van der Waals surface area contributed by atoms with E-state index in [2.05, 4.69) is 10.6 Å². The highest BCUT2D eigenvalue weighted by Crippen LogP contribution is 2.17. The number of carbonyl (C=O) groups excluding carboxylic acids is 2. The molecule has 0 heterocycles. The second-order valence-electron chi connectivity index (χ2n) is 5.12. The number of aryl methyl sites for hydroxylation is 1. The normalized spacial score (nSPS) is 11.5. The zero-order chi connectivity index (χ0) is 16.1. The molecule has 0 aromatic heterocycles. The first-order chi connectivity index (χ1) is 10.5. The van der Waals surface area contributed by atoms with Gasteiger partial charge in [0, 0.05) is 11.3 Å². The van der Waals surface area contributed by atoms with E-state index < -0.39 is 5.91 Å². The Balaban J connectivity index is 2.06. The summed E-state index contributed by atoms with van der Waals surface area (Å²) in [6.07, 6.45) is 0. The molecule has 0 aliphatic carbocycles. The van der Waals surface area contributed by atoms with E-state index in [0.29, 0.717) is 11.3 Å². The smallest absolute Gasteiger partial charge is 0.319 e. The third kappa shape index (κ3) is 3.85. The van der Waals surface area contributed by atoms with Crippen LogP contribution in [0.3, 0.4) is 0 Å². The minimum Gasteiger partial charge on any atom is -0.366 e. The Labute approximate surface area is 129 Å². The highest BCUT2D eigenvalue weighted by Gasteiger charge is 2.11. The second-order valence-corrected chi connectivity index (χ2v) is 5.12. The minimum absolute atomic E-state index is 0.124. The van der Waals surface area contributed by atoms with Crippen molar-refractivity contribution in [2.24, 2.45) is 5.73 Å². The van der Waals surface area contributed by atoms with Crippen LogP contribution in [0.5, 0.6) is 0 Å². The summed E-state index contributed by atoms with van der Waals surface area (Å²) in [5.41, 5.74) is 8.04. The number of hydrogen-bond acceptors (Lipinski definition) is 2. The minimum atomic E-state index is -0.527. The van der Waals surface area contributed by atoms with Crippen molar-refractivity contribution in [1.82, 2.24) is 5.32 Å². The molecule has 2 aromatic rings. The lowest BCUT2D eigenvalue weighted by atomic mass is 10.1. The summed E-state index contributed by atoms with van der Waals surface area (Å²) in [6.45, 7) is 3.75. The van der Waals surface area contributed by atoms with Crippen LogP contribution in [0.1, 0.15) is 34.5 Å². The Hall–Kier alpha value is -2.82. The Kier molecular flexibility index (Phi) is 4.78. The van der Waals surface area contributed by atoms with Crippen molar-refractivity contribution in [3.05, 3.63) is 65.2 Å². The van der Waals surface area contributed by atoms with Gasteiger partial charge in [-0.25, -0.2) is 4.79 Å². The highest BCUT2D eigenvalue weighted by atomic mass is 16.2. The van der Waals surface area contributed by atoms with Gasteiger partial charge in [0.25, 0.3) is 0 Å². The zero-order valence-corrected chi connectivity index (χ0v) is 12.6. The molecule has 0 fully saturated rings. The van der Waals surface area contributed by atoms with E-state index in [1.54, 1.807) is 18.2 Å². The van der Waals surface area contributed by atoms with Gasteiger partial charge in [-0.2, -0.15) is 0 Å². The number of carbonyl (C=O) groups is 2. The molecule has 0 bridgehead atoms. The molecule has 5 heteroatoms. The van der Waals surface area contributed by atoms with E-state index in [1.165, 1.54) is 0 Å². The van der Waals surface area contributed by atoms with E-state index in [0.717, 1.165) is 11.1 Å². The van der Waals surface area contributed by atoms with Crippen molar-refractivity contribution in [1.29, 1.82) is 0 Å². The molecule has 0 spiro atoms. The van der Waals surface area contributed by atoms with Gasteiger partial charge in [0.05, 0.1) is 6.04 Å². The monoisotopic (exact) mass is 297 g/mol. The fourth-order valence-corrected chi connectivity index (χ4v) is 2.09. The van der Waals surface area contributed by atoms with Gasteiger partial charge in [-0.3, -0.25) is 4.79 Å². The van der Waals surface area contributed by atoms with Crippen molar-refractivity contribution in [3.8, 4) is 0 Å². The van der Waals surface area contributed by atoms with Gasteiger partial charge in [-0.1, -0.05) is 36.4 Å². The predicted octanol–water partition coefficient (Wildman–Crippen LogP) is 2.98. The van der Waals surface area contributed by atoms with Crippen LogP contribution in [0.25, 0.3) is 0 Å². The van der Waals surface area contributed by atoms with E-state index in [4.69, 9.17) is 5.73 Å². The summed E-state index contributed by atoms with van der Waals surface area (Å²) in [7, 11) is 0. The van der Waals surface area contributed by atoms with Gasteiger partial charge in [0.2, 0.25) is 5.91 Å². The average molecular weight is 297 g/mol. The maximum absolute atomic E-state index is 12.1. The van der Waals surface area contributed by atoms with E-state index in [9.17, 15) is 9.59 Å². The number of nitrogens with one attached hydrogen (secondary N) is 2. The molecule has 3 amide bonds. The number of rotatable bonds is 4. The van der Waals surface area contributed by atoms with Crippen molar-refractivity contribution < 1.29 is 9.59 Å². The third-order valence-corrected chi connectivity index (χ3v) is 3.42. The van der Waals surface area contributed by atoms with Gasteiger partial charge in [-0.05, 0) is 37.1 Å². The SMILES string of the molecule is Cc1ccc(C(N)=O)cc1NC(=O)NC(C)c1ccccc1. The number of nitrogens with two attached hydrogens (primary N) is 1. The topological polar surface area (TPSA) is 84.2 Å². The van der Waals surface area contributed by atoms with Gasteiger partial charge >= 0.3 is 6.03 Å². The van der Waals surface area contributed by atoms with Gasteiger partial charge in [0.15, 0.2) is 0 Å². The molecular formula is C17H19N3O2. The molecule has 0 aliphatic rings. The molecule has 1 atom stereocenters. The molecule has 0 saturated heterocycles. The molecule has 0 saturated carbocycles. The van der Waals surface area contributed by atoms with Gasteiger partial charge in [0.1, 0.15) is 0 Å². The van der Waals surface area contributed by atoms with Crippen LogP contribution in [0, 0.1) is 6.92 Å². The van der Waals surface area contributed by atoms with Crippen LogP contribution >= 0.6 is 0 Å². The maximum atomic E-state index is 12.1. The molecule has 1 unspecified atom stereocenters. The summed E-state index contributed by atoms with van der Waals surface area (Å²) >= 11 is 0. The molecule has 4 N–H and O–H groups in total. The van der Waals surface area contributed by atoms with Crippen LogP contribution < -0.4 is 16.4 Å². The largest absolute Gasteiger partial charge is 0.366 e. The third-order valence-electron chi connectivity index (χ3n) is 3.42. The fraction of sp³-hybridized carbons (Fsp3) is 0.176. The number of primary amides is 1. The molecule has 114 valence electrons. The molecule has 0 radical (unpaired) electrons. The number of urea groups is 1. The van der Waals surface area contributed by atoms with Crippen LogP contribution in [-0.4, -0.2) is 11.9 Å². The summed E-state index contributed by atoms with van der Waals surface area (Å²) < 4.78 is 0. The lowest BCUT2D eigenvalue weighted by Crippen LogP contribution is -2.31. The first-order valence-corrected chi connectivity index (χ1v) is 7.00. The van der Waals surface area contributed by atoms with Crippen LogP contribution in [0.4, 0.5) is 10.5 Å². The maximum Gasteiger partial charge on any atom is 0.319 e. The van der Waals surface area contributed by atoms with Crippen molar-refractivity contribution >= 4 is 17.6 Å². The average Bonchev–Trinajstić information content (AvgIpc) is 2.50. The van der Waals surface area contributed by atoms with Crippen molar-refractivity contribution in [2.45, 2.75) is 19.9 Å². The fourth-order valence-electron chi connectivity index (χ4n) is 2.09. The Bertz CT molecular complexity index is 684. The highest BCUT2D eigenvalue weighted by molar-refractivity contribution is 5.96. The zero-order valence-electron chi connectivity index (χ0n) is 12.6. The summed E-state index contributed by atoms with van der Waals surface area (Å²) in [6, 6.07) is 14.2. The first kappa shape index (κ1) is 15.6. The van der Waals surface area contributed by atoms with E-state index in [1.807, 2.05) is 44.2 Å². The standard InChI is InChI=1S/C17H19N3O2/c1-11-8-9-14(16(18)21)10-15(11)20-17(22)19-12(2)13-6-4-3-5-7-13/h3-10,12H,1-2H3,(H2,18,21)(H2,19,20,22). The van der Waals surface area contributed by atoms with Crippen molar-refractivity contribution in [2.75, 3.05) is 5.32 Å². The molecule has 2 rings (SSSR count). The first-order valence-electron chi connectivity index (χ1n) is 7.00. The van der Waals surface area contributed by atoms with E-state index in [-0.39, 0.29) is 12.1 Å². The number of amides is 3. The summed E-state index contributed by atoms with van der Waals surface area (Å²) in [5.74, 6) is -0.527. The number of anilines is 1. The molecule has 22 heavy (non-hydrogen) atoms. The van der Waals surface area contributed by atoms with Gasteiger partial charge in [-0.15, -0.1) is 0 Å². The van der Waals surface area contributed by atoms with Crippen LogP contribution in [0.15, 0.2) is 48.5 Å². The predicted molar refractivity (Wildman–Crippen MR) is 86.7 cm³/mol. The molecule has 2 aromatic carbocycles. The quantitative estimate of drug-likeness (QED) is 0.810. The Morgan fingerprint density at radius 3 is 2.41 bits per heavy atom. The second kappa shape index (κ2) is 6.76. The van der Waals surface area contributed by atoms with Crippen LogP contribution in [0.2, 0.25) is 0 Å². The van der Waals surface area contributed by atoms with Crippen molar-refractivity contribution in [3.63, 3.8) is 0 Å². The molecular weight excluding hydrogens is 278 g/mol. The molecule has 0 aliphatic heterocycles. The summed E-state index contributed by atoms with van der Waals surface area (Å²) in [5, 5.41) is 5.60.